The molecule has 0 saturated carbocycles. The van der Waals surface area contributed by atoms with Gasteiger partial charge in [-0.2, -0.15) is 11.3 Å². The number of rotatable bonds is 4. The van der Waals surface area contributed by atoms with Gasteiger partial charge in [0.2, 0.25) is 5.91 Å². The molecule has 110 valence electrons. The van der Waals surface area contributed by atoms with Gasteiger partial charge in [0.05, 0.1) is 22.9 Å². The molecule has 0 aliphatic rings. The van der Waals surface area contributed by atoms with Crippen LogP contribution >= 0.6 is 11.3 Å². The van der Waals surface area contributed by atoms with Crippen molar-refractivity contribution in [1.82, 2.24) is 14.9 Å². The number of benzene rings is 1. The van der Waals surface area contributed by atoms with Gasteiger partial charge in [-0.15, -0.1) is 0 Å². The summed E-state index contributed by atoms with van der Waals surface area (Å²) in [5.74, 6) is -0.0545. The average Bonchev–Trinajstić information content (AvgIpc) is 3.05. The topological polar surface area (TPSA) is 46.1 Å². The first-order valence-corrected chi connectivity index (χ1v) is 7.83. The molecule has 0 radical (unpaired) electrons. The monoisotopic (exact) mass is 309 g/mol. The number of hydrogen-bond donors (Lipinski definition) is 0. The van der Waals surface area contributed by atoms with Crippen molar-refractivity contribution < 1.29 is 4.79 Å². The third-order valence-corrected chi connectivity index (χ3v) is 3.97. The molecule has 0 fully saturated rings. The van der Waals surface area contributed by atoms with Crippen molar-refractivity contribution in [3.05, 3.63) is 64.6 Å². The first-order chi connectivity index (χ1) is 10.7. The van der Waals surface area contributed by atoms with Crippen LogP contribution in [0.4, 0.5) is 0 Å². The van der Waals surface area contributed by atoms with Crippen molar-refractivity contribution in [2.75, 3.05) is 7.05 Å². The molecule has 0 saturated heterocycles. The van der Waals surface area contributed by atoms with Crippen molar-refractivity contribution in [2.45, 2.75) is 6.54 Å². The number of thiophene rings is 1. The van der Waals surface area contributed by atoms with E-state index in [0.29, 0.717) is 12.2 Å². The zero-order valence-electron chi connectivity index (χ0n) is 12.1. The molecule has 1 aromatic carbocycles. The van der Waals surface area contributed by atoms with Crippen LogP contribution in [0, 0.1) is 0 Å². The number of likely N-dealkylation sites (N-methyl/N-ethyl adjacent to an activating group) is 1. The Bertz CT molecular complexity index is 812. The number of carbonyl (C=O) groups excluding carboxylic acids is 1. The Balaban J connectivity index is 1.70. The van der Waals surface area contributed by atoms with E-state index in [1.54, 1.807) is 35.6 Å². The van der Waals surface area contributed by atoms with E-state index >= 15 is 0 Å². The van der Waals surface area contributed by atoms with E-state index in [4.69, 9.17) is 0 Å². The highest BCUT2D eigenvalue weighted by Crippen LogP contribution is 2.11. The molecule has 0 spiro atoms. The maximum absolute atomic E-state index is 12.1. The van der Waals surface area contributed by atoms with Crippen LogP contribution in [-0.2, 0) is 11.3 Å². The Labute approximate surface area is 132 Å². The molecule has 3 rings (SSSR count). The van der Waals surface area contributed by atoms with Crippen LogP contribution in [0.15, 0.2) is 53.4 Å². The van der Waals surface area contributed by atoms with E-state index in [9.17, 15) is 4.79 Å². The third kappa shape index (κ3) is 3.38. The van der Waals surface area contributed by atoms with E-state index in [2.05, 4.69) is 9.97 Å². The fourth-order valence-corrected chi connectivity index (χ4v) is 2.73. The number of aromatic nitrogens is 2. The van der Waals surface area contributed by atoms with Gasteiger partial charge >= 0.3 is 0 Å². The molecule has 0 bridgehead atoms. The highest BCUT2D eigenvalue weighted by atomic mass is 32.1. The minimum absolute atomic E-state index is 0.0545. The SMILES string of the molecule is CN(Cc1ccsc1)C(=O)C=Cc1cnc2ccccc2n1. The zero-order chi connectivity index (χ0) is 15.4. The van der Waals surface area contributed by atoms with Crippen molar-refractivity contribution in [3.8, 4) is 0 Å². The van der Waals surface area contributed by atoms with Crippen molar-refractivity contribution in [3.63, 3.8) is 0 Å². The lowest BCUT2D eigenvalue weighted by molar-refractivity contribution is -0.125. The summed E-state index contributed by atoms with van der Waals surface area (Å²) in [5, 5.41) is 4.05. The minimum Gasteiger partial charge on any atom is -0.338 e. The highest BCUT2D eigenvalue weighted by Gasteiger charge is 2.06. The standard InChI is InChI=1S/C17H15N3OS/c1-20(11-13-8-9-22-12-13)17(21)7-6-14-10-18-15-4-2-3-5-16(15)19-14/h2-10,12H,11H2,1H3. The predicted octanol–water partition coefficient (Wildman–Crippen LogP) is 3.36. The van der Waals surface area contributed by atoms with E-state index in [1.807, 2.05) is 41.1 Å². The van der Waals surface area contributed by atoms with Gasteiger partial charge in [-0.05, 0) is 40.6 Å². The zero-order valence-corrected chi connectivity index (χ0v) is 13.0. The maximum Gasteiger partial charge on any atom is 0.246 e. The molecule has 4 nitrogen and oxygen atoms in total. The van der Waals surface area contributed by atoms with Crippen LogP contribution in [0.25, 0.3) is 17.1 Å². The van der Waals surface area contributed by atoms with Crippen molar-refractivity contribution in [1.29, 1.82) is 0 Å². The first-order valence-electron chi connectivity index (χ1n) is 6.88. The fourth-order valence-electron chi connectivity index (χ4n) is 2.07. The maximum atomic E-state index is 12.1. The minimum atomic E-state index is -0.0545. The molecule has 0 aliphatic heterocycles. The second kappa shape index (κ2) is 6.49. The summed E-state index contributed by atoms with van der Waals surface area (Å²) in [6.07, 6.45) is 4.90. The molecule has 0 aliphatic carbocycles. The Morgan fingerprint density at radius 1 is 1.27 bits per heavy atom. The number of para-hydroxylation sites is 2. The quantitative estimate of drug-likeness (QED) is 0.694. The van der Waals surface area contributed by atoms with Gasteiger partial charge in [0.25, 0.3) is 0 Å². The summed E-state index contributed by atoms with van der Waals surface area (Å²) in [6, 6.07) is 9.69. The molecule has 2 aromatic heterocycles. The lowest BCUT2D eigenvalue weighted by Gasteiger charge is -2.13. The summed E-state index contributed by atoms with van der Waals surface area (Å²) in [6.45, 7) is 0.607. The van der Waals surface area contributed by atoms with Gasteiger partial charge in [-0.3, -0.25) is 9.78 Å². The Kier molecular flexibility index (Phi) is 4.25. The fraction of sp³-hybridized carbons (Fsp3) is 0.118. The molecule has 1 amide bonds. The van der Waals surface area contributed by atoms with Gasteiger partial charge in [0, 0.05) is 19.7 Å². The summed E-state index contributed by atoms with van der Waals surface area (Å²) < 4.78 is 0. The van der Waals surface area contributed by atoms with E-state index in [-0.39, 0.29) is 5.91 Å². The van der Waals surface area contributed by atoms with Gasteiger partial charge in [-0.25, -0.2) is 4.98 Å². The van der Waals surface area contributed by atoms with Crippen molar-refractivity contribution in [2.24, 2.45) is 0 Å². The van der Waals surface area contributed by atoms with Crippen LogP contribution in [0.2, 0.25) is 0 Å². The number of nitrogens with zero attached hydrogens (tertiary/aromatic N) is 3. The van der Waals surface area contributed by atoms with Crippen LogP contribution < -0.4 is 0 Å². The van der Waals surface area contributed by atoms with Crippen LogP contribution in [0.5, 0.6) is 0 Å². The normalized spacial score (nSPS) is 11.1. The largest absolute Gasteiger partial charge is 0.338 e. The summed E-state index contributed by atoms with van der Waals surface area (Å²) in [5.41, 5.74) is 3.49. The second-order valence-corrected chi connectivity index (χ2v) is 5.72. The van der Waals surface area contributed by atoms with Gasteiger partial charge in [-0.1, -0.05) is 12.1 Å². The van der Waals surface area contributed by atoms with Crippen LogP contribution in [0.1, 0.15) is 11.3 Å². The molecular formula is C17H15N3OS. The number of fused-ring (bicyclic) bond motifs is 1. The summed E-state index contributed by atoms with van der Waals surface area (Å²) in [7, 11) is 1.79. The van der Waals surface area contributed by atoms with Crippen LogP contribution in [-0.4, -0.2) is 27.8 Å². The van der Waals surface area contributed by atoms with E-state index in [1.165, 1.54) is 6.08 Å². The summed E-state index contributed by atoms with van der Waals surface area (Å²) >= 11 is 1.63. The molecule has 2 heterocycles. The van der Waals surface area contributed by atoms with Gasteiger partial charge in [0.1, 0.15) is 0 Å². The molecule has 5 heteroatoms. The molecule has 3 aromatic rings. The van der Waals surface area contributed by atoms with Gasteiger partial charge in [0.15, 0.2) is 0 Å². The first kappa shape index (κ1) is 14.4. The number of amides is 1. The van der Waals surface area contributed by atoms with E-state index < -0.39 is 0 Å². The second-order valence-electron chi connectivity index (χ2n) is 4.94. The Morgan fingerprint density at radius 2 is 2.09 bits per heavy atom. The Morgan fingerprint density at radius 3 is 2.86 bits per heavy atom. The number of hydrogen-bond acceptors (Lipinski definition) is 4. The number of carbonyl (C=O) groups is 1. The van der Waals surface area contributed by atoms with E-state index in [0.717, 1.165) is 16.6 Å². The predicted molar refractivity (Wildman–Crippen MR) is 89.4 cm³/mol. The Hall–Kier alpha value is -2.53. The summed E-state index contributed by atoms with van der Waals surface area (Å²) in [4.78, 5) is 22.6. The smallest absolute Gasteiger partial charge is 0.246 e. The van der Waals surface area contributed by atoms with Crippen molar-refractivity contribution >= 4 is 34.4 Å². The molecular weight excluding hydrogens is 294 g/mol. The molecule has 22 heavy (non-hydrogen) atoms. The van der Waals surface area contributed by atoms with Crippen LogP contribution in [0.3, 0.4) is 0 Å². The van der Waals surface area contributed by atoms with Gasteiger partial charge < -0.3 is 4.90 Å². The average molecular weight is 309 g/mol. The molecule has 0 unspecified atom stereocenters. The highest BCUT2D eigenvalue weighted by molar-refractivity contribution is 7.07. The third-order valence-electron chi connectivity index (χ3n) is 3.24. The molecule has 0 N–H and O–H groups in total. The lowest BCUT2D eigenvalue weighted by atomic mass is 10.3. The lowest BCUT2D eigenvalue weighted by Crippen LogP contribution is -2.23. The molecule has 0 atom stereocenters.